The maximum atomic E-state index is 11.7. The molecule has 0 aliphatic carbocycles. The summed E-state index contributed by atoms with van der Waals surface area (Å²) in [5.41, 5.74) is 5.71. The third kappa shape index (κ3) is 3.61. The lowest BCUT2D eigenvalue weighted by Crippen LogP contribution is -2.41. The Morgan fingerprint density at radius 2 is 2.31 bits per heavy atom. The van der Waals surface area contributed by atoms with E-state index in [1.807, 2.05) is 18.4 Å². The molecule has 0 spiro atoms. The van der Waals surface area contributed by atoms with E-state index in [-0.39, 0.29) is 18.0 Å². The van der Waals surface area contributed by atoms with Gasteiger partial charge in [-0.15, -0.1) is 11.3 Å². The molecular formula is C12H20N2OS. The van der Waals surface area contributed by atoms with Crippen LogP contribution in [0.2, 0.25) is 0 Å². The van der Waals surface area contributed by atoms with Crippen LogP contribution in [0.15, 0.2) is 17.5 Å². The molecule has 2 unspecified atom stereocenters. The van der Waals surface area contributed by atoms with Gasteiger partial charge in [0.25, 0.3) is 0 Å². The van der Waals surface area contributed by atoms with Gasteiger partial charge in [-0.3, -0.25) is 4.79 Å². The molecule has 1 rings (SSSR count). The molecule has 1 amide bonds. The highest BCUT2D eigenvalue weighted by molar-refractivity contribution is 7.10. The number of hydrogen-bond acceptors (Lipinski definition) is 3. The normalized spacial score (nSPS) is 14.4. The van der Waals surface area contributed by atoms with Gasteiger partial charge in [-0.1, -0.05) is 26.3 Å². The van der Waals surface area contributed by atoms with Crippen molar-refractivity contribution in [2.45, 2.75) is 45.2 Å². The smallest absolute Gasteiger partial charge is 0.237 e. The lowest BCUT2D eigenvalue weighted by molar-refractivity contribution is -0.123. The van der Waals surface area contributed by atoms with Crippen LogP contribution in [-0.2, 0) is 4.79 Å². The molecule has 0 saturated carbocycles. The second-order valence-corrected chi connectivity index (χ2v) is 4.86. The maximum absolute atomic E-state index is 11.7. The molecule has 0 bridgehead atoms. The molecule has 16 heavy (non-hydrogen) atoms. The Bertz CT molecular complexity index is 311. The second-order valence-electron chi connectivity index (χ2n) is 3.88. The van der Waals surface area contributed by atoms with Gasteiger partial charge in [0.2, 0.25) is 5.91 Å². The highest BCUT2D eigenvalue weighted by atomic mass is 32.1. The Labute approximate surface area is 101 Å². The van der Waals surface area contributed by atoms with E-state index in [0.29, 0.717) is 6.42 Å². The molecule has 90 valence electrons. The van der Waals surface area contributed by atoms with Crippen molar-refractivity contribution < 1.29 is 4.79 Å². The Balaban J connectivity index is 2.62. The van der Waals surface area contributed by atoms with Crippen molar-refractivity contribution in [2.75, 3.05) is 0 Å². The van der Waals surface area contributed by atoms with Gasteiger partial charge in [-0.25, -0.2) is 0 Å². The van der Waals surface area contributed by atoms with E-state index < -0.39 is 0 Å². The Kier molecular flexibility index (Phi) is 5.49. The van der Waals surface area contributed by atoms with Crippen molar-refractivity contribution in [3.8, 4) is 0 Å². The minimum absolute atomic E-state index is 0.0469. The molecule has 3 N–H and O–H groups in total. The summed E-state index contributed by atoms with van der Waals surface area (Å²) in [5, 5.41) is 5.05. The molecule has 0 radical (unpaired) electrons. The van der Waals surface area contributed by atoms with Crippen molar-refractivity contribution >= 4 is 17.2 Å². The number of carbonyl (C=O) groups excluding carboxylic acids is 1. The van der Waals surface area contributed by atoms with Gasteiger partial charge in [0.1, 0.15) is 0 Å². The van der Waals surface area contributed by atoms with Gasteiger partial charge < -0.3 is 11.1 Å². The molecule has 1 heterocycles. The predicted octanol–water partition coefficient (Wildman–Crippen LogP) is 2.44. The van der Waals surface area contributed by atoms with Crippen LogP contribution >= 0.6 is 11.3 Å². The Hall–Kier alpha value is -0.870. The highest BCUT2D eigenvalue weighted by Crippen LogP contribution is 2.23. The van der Waals surface area contributed by atoms with Crippen molar-refractivity contribution in [3.63, 3.8) is 0 Å². The van der Waals surface area contributed by atoms with Crippen molar-refractivity contribution in [2.24, 2.45) is 5.73 Å². The molecule has 2 atom stereocenters. The van der Waals surface area contributed by atoms with E-state index in [1.165, 1.54) is 4.88 Å². The predicted molar refractivity (Wildman–Crippen MR) is 68.4 cm³/mol. The van der Waals surface area contributed by atoms with E-state index in [4.69, 9.17) is 5.73 Å². The molecule has 0 aliphatic rings. The average Bonchev–Trinajstić information content (AvgIpc) is 2.80. The first-order chi connectivity index (χ1) is 7.69. The molecule has 1 aromatic heterocycles. The van der Waals surface area contributed by atoms with Crippen molar-refractivity contribution in [3.05, 3.63) is 22.4 Å². The van der Waals surface area contributed by atoms with E-state index in [0.717, 1.165) is 12.8 Å². The average molecular weight is 240 g/mol. The van der Waals surface area contributed by atoms with E-state index in [9.17, 15) is 4.79 Å². The number of nitrogens with one attached hydrogen (secondary N) is 1. The monoisotopic (exact) mass is 240 g/mol. The first-order valence-electron chi connectivity index (χ1n) is 5.78. The van der Waals surface area contributed by atoms with Crippen LogP contribution in [0.1, 0.15) is 44.0 Å². The molecule has 0 fully saturated rings. The van der Waals surface area contributed by atoms with Gasteiger partial charge in [0.05, 0.1) is 12.1 Å². The molecule has 0 aromatic carbocycles. The fourth-order valence-corrected chi connectivity index (χ4v) is 2.34. The largest absolute Gasteiger partial charge is 0.347 e. The van der Waals surface area contributed by atoms with Gasteiger partial charge in [0, 0.05) is 4.88 Å². The SMILES string of the molecule is CCCC(NC(=O)C(N)CC)c1cccs1. The lowest BCUT2D eigenvalue weighted by atomic mass is 10.1. The summed E-state index contributed by atoms with van der Waals surface area (Å²) < 4.78 is 0. The van der Waals surface area contributed by atoms with Gasteiger partial charge in [0.15, 0.2) is 0 Å². The Morgan fingerprint density at radius 3 is 2.81 bits per heavy atom. The first-order valence-corrected chi connectivity index (χ1v) is 6.66. The zero-order valence-electron chi connectivity index (χ0n) is 9.90. The van der Waals surface area contributed by atoms with Gasteiger partial charge in [-0.2, -0.15) is 0 Å². The molecular weight excluding hydrogens is 220 g/mol. The minimum atomic E-state index is -0.390. The van der Waals surface area contributed by atoms with Gasteiger partial charge >= 0.3 is 0 Å². The second kappa shape index (κ2) is 6.66. The molecule has 0 aliphatic heterocycles. The molecule has 0 saturated heterocycles. The minimum Gasteiger partial charge on any atom is -0.347 e. The van der Waals surface area contributed by atoms with Crippen LogP contribution in [0.4, 0.5) is 0 Å². The maximum Gasteiger partial charge on any atom is 0.237 e. The van der Waals surface area contributed by atoms with Crippen molar-refractivity contribution in [1.82, 2.24) is 5.32 Å². The number of thiophene rings is 1. The topological polar surface area (TPSA) is 55.1 Å². The van der Waals surface area contributed by atoms with E-state index in [2.05, 4.69) is 18.3 Å². The fraction of sp³-hybridized carbons (Fsp3) is 0.583. The zero-order chi connectivity index (χ0) is 12.0. The summed E-state index contributed by atoms with van der Waals surface area (Å²) in [6.45, 7) is 4.04. The number of rotatable bonds is 6. The zero-order valence-corrected chi connectivity index (χ0v) is 10.7. The molecule has 1 aromatic rings. The fourth-order valence-electron chi connectivity index (χ4n) is 1.53. The summed E-state index contributed by atoms with van der Waals surface area (Å²) in [5.74, 6) is -0.0469. The first kappa shape index (κ1) is 13.2. The quantitative estimate of drug-likeness (QED) is 0.802. The van der Waals surface area contributed by atoms with Crippen LogP contribution in [0.25, 0.3) is 0 Å². The van der Waals surface area contributed by atoms with Crippen LogP contribution in [0.3, 0.4) is 0 Å². The Morgan fingerprint density at radius 1 is 1.56 bits per heavy atom. The third-order valence-corrected chi connectivity index (χ3v) is 3.54. The third-order valence-electron chi connectivity index (χ3n) is 2.56. The molecule has 4 heteroatoms. The highest BCUT2D eigenvalue weighted by Gasteiger charge is 2.18. The number of amides is 1. The van der Waals surface area contributed by atoms with E-state index in [1.54, 1.807) is 11.3 Å². The van der Waals surface area contributed by atoms with Crippen LogP contribution in [-0.4, -0.2) is 11.9 Å². The van der Waals surface area contributed by atoms with Crippen LogP contribution in [0.5, 0.6) is 0 Å². The standard InChI is InChI=1S/C12H20N2OS/c1-3-6-10(11-7-5-8-16-11)14-12(15)9(13)4-2/h5,7-10H,3-4,6,13H2,1-2H3,(H,14,15). The number of nitrogens with two attached hydrogens (primary N) is 1. The van der Waals surface area contributed by atoms with Crippen LogP contribution < -0.4 is 11.1 Å². The lowest BCUT2D eigenvalue weighted by Gasteiger charge is -2.19. The summed E-state index contributed by atoms with van der Waals surface area (Å²) in [6.07, 6.45) is 2.68. The summed E-state index contributed by atoms with van der Waals surface area (Å²) in [7, 11) is 0. The van der Waals surface area contributed by atoms with Gasteiger partial charge in [-0.05, 0) is 24.3 Å². The number of carbonyl (C=O) groups is 1. The summed E-state index contributed by atoms with van der Waals surface area (Å²) in [6, 6.07) is 3.80. The summed E-state index contributed by atoms with van der Waals surface area (Å²) in [4.78, 5) is 12.9. The van der Waals surface area contributed by atoms with Crippen molar-refractivity contribution in [1.29, 1.82) is 0 Å². The van der Waals surface area contributed by atoms with E-state index >= 15 is 0 Å². The number of hydrogen-bond donors (Lipinski definition) is 2. The van der Waals surface area contributed by atoms with Crippen LogP contribution in [0, 0.1) is 0 Å². The summed E-state index contributed by atoms with van der Waals surface area (Å²) >= 11 is 1.68. The molecule has 3 nitrogen and oxygen atoms in total.